The van der Waals surface area contributed by atoms with Gasteiger partial charge in [-0.3, -0.25) is 9.69 Å². The van der Waals surface area contributed by atoms with Crippen LogP contribution in [0.1, 0.15) is 43.4 Å². The number of pyridine rings is 1. The van der Waals surface area contributed by atoms with Crippen LogP contribution < -0.4 is 10.3 Å². The topological polar surface area (TPSA) is 71.1 Å². The molecule has 0 radical (unpaired) electrons. The Kier molecular flexibility index (Phi) is 4.60. The molecule has 0 fully saturated rings. The van der Waals surface area contributed by atoms with E-state index in [9.17, 15) is 9.18 Å². The monoisotopic (exact) mass is 346 g/mol. The molecule has 0 unspecified atom stereocenters. The molecule has 0 spiro atoms. The van der Waals surface area contributed by atoms with E-state index in [2.05, 4.69) is 19.9 Å². The SMILES string of the molecule is COc1ncc(CN2CCc3nc(C(C)(C)C)[nH]c(=O)c3C2)cc1F. The van der Waals surface area contributed by atoms with Gasteiger partial charge in [-0.05, 0) is 11.6 Å². The van der Waals surface area contributed by atoms with Gasteiger partial charge in [-0.1, -0.05) is 20.8 Å². The van der Waals surface area contributed by atoms with E-state index in [1.165, 1.54) is 13.2 Å². The van der Waals surface area contributed by atoms with E-state index in [4.69, 9.17) is 4.74 Å². The van der Waals surface area contributed by atoms with Gasteiger partial charge >= 0.3 is 0 Å². The zero-order chi connectivity index (χ0) is 18.2. The second-order valence-corrected chi connectivity index (χ2v) is 7.39. The summed E-state index contributed by atoms with van der Waals surface area (Å²) in [4.78, 5) is 26.1. The van der Waals surface area contributed by atoms with Crippen molar-refractivity contribution >= 4 is 0 Å². The summed E-state index contributed by atoms with van der Waals surface area (Å²) in [5.41, 5.74) is 2.03. The van der Waals surface area contributed by atoms with E-state index in [0.717, 1.165) is 17.8 Å². The number of halogens is 1. The van der Waals surface area contributed by atoms with Crippen molar-refractivity contribution in [3.05, 3.63) is 51.1 Å². The Hall–Kier alpha value is -2.28. The number of aromatic nitrogens is 3. The fourth-order valence-electron chi connectivity index (χ4n) is 2.93. The average molecular weight is 346 g/mol. The first-order valence-corrected chi connectivity index (χ1v) is 8.31. The van der Waals surface area contributed by atoms with Crippen molar-refractivity contribution in [3.63, 3.8) is 0 Å². The quantitative estimate of drug-likeness (QED) is 0.922. The summed E-state index contributed by atoms with van der Waals surface area (Å²) in [5.74, 6) is 0.223. The van der Waals surface area contributed by atoms with Gasteiger partial charge in [0, 0.05) is 37.7 Å². The number of fused-ring (bicyclic) bond motifs is 1. The second kappa shape index (κ2) is 6.55. The molecule has 1 N–H and O–H groups in total. The van der Waals surface area contributed by atoms with Gasteiger partial charge in [-0.25, -0.2) is 14.4 Å². The molecule has 6 nitrogen and oxygen atoms in total. The van der Waals surface area contributed by atoms with Crippen LogP contribution in [-0.2, 0) is 24.9 Å². The van der Waals surface area contributed by atoms with Gasteiger partial charge in [0.15, 0.2) is 5.82 Å². The van der Waals surface area contributed by atoms with E-state index < -0.39 is 5.82 Å². The van der Waals surface area contributed by atoms with Gasteiger partial charge in [0.05, 0.1) is 18.4 Å². The lowest BCUT2D eigenvalue weighted by molar-refractivity contribution is 0.240. The minimum absolute atomic E-state index is 0.0110. The van der Waals surface area contributed by atoms with Crippen molar-refractivity contribution in [2.75, 3.05) is 13.7 Å². The first kappa shape index (κ1) is 17.5. The predicted molar refractivity (Wildman–Crippen MR) is 92.1 cm³/mol. The molecule has 0 aliphatic carbocycles. The average Bonchev–Trinajstić information content (AvgIpc) is 2.54. The molecule has 0 aromatic carbocycles. The normalized spacial score (nSPS) is 15.1. The molecule has 3 heterocycles. The lowest BCUT2D eigenvalue weighted by Gasteiger charge is -2.28. The fourth-order valence-corrected chi connectivity index (χ4v) is 2.93. The number of hydrogen-bond acceptors (Lipinski definition) is 5. The highest BCUT2D eigenvalue weighted by atomic mass is 19.1. The molecule has 2 aromatic rings. The third-order valence-corrected chi connectivity index (χ3v) is 4.32. The van der Waals surface area contributed by atoms with Crippen molar-refractivity contribution in [2.45, 2.75) is 45.7 Å². The smallest absolute Gasteiger partial charge is 0.255 e. The Morgan fingerprint density at radius 3 is 2.80 bits per heavy atom. The molecule has 0 saturated carbocycles. The molecule has 134 valence electrons. The zero-order valence-corrected chi connectivity index (χ0v) is 15.0. The number of hydrogen-bond donors (Lipinski definition) is 1. The van der Waals surface area contributed by atoms with Crippen molar-refractivity contribution in [1.29, 1.82) is 0 Å². The number of H-pyrrole nitrogens is 1. The zero-order valence-electron chi connectivity index (χ0n) is 15.0. The van der Waals surface area contributed by atoms with Gasteiger partial charge in [-0.2, -0.15) is 0 Å². The van der Waals surface area contributed by atoms with Gasteiger partial charge in [0.25, 0.3) is 5.56 Å². The predicted octanol–water partition coefficient (Wildman–Crippen LogP) is 2.17. The molecule has 2 aromatic heterocycles. The van der Waals surface area contributed by atoms with Crippen molar-refractivity contribution < 1.29 is 9.13 Å². The highest BCUT2D eigenvalue weighted by molar-refractivity contribution is 5.24. The highest BCUT2D eigenvalue weighted by Crippen LogP contribution is 2.22. The van der Waals surface area contributed by atoms with Crippen LogP contribution in [0.5, 0.6) is 5.88 Å². The second-order valence-electron chi connectivity index (χ2n) is 7.39. The van der Waals surface area contributed by atoms with E-state index in [1.54, 1.807) is 6.20 Å². The lowest BCUT2D eigenvalue weighted by Crippen LogP contribution is -2.37. The number of nitrogens with zero attached hydrogens (tertiary/aromatic N) is 3. The van der Waals surface area contributed by atoms with E-state index >= 15 is 0 Å². The molecule has 25 heavy (non-hydrogen) atoms. The summed E-state index contributed by atoms with van der Waals surface area (Å²) in [6, 6.07) is 1.42. The fraction of sp³-hybridized carbons (Fsp3) is 0.500. The minimum Gasteiger partial charge on any atom is -0.479 e. The summed E-state index contributed by atoms with van der Waals surface area (Å²) in [5, 5.41) is 0. The molecule has 0 amide bonds. The Labute approximate surface area is 146 Å². The molecule has 7 heteroatoms. The van der Waals surface area contributed by atoms with E-state index in [1.807, 2.05) is 20.8 Å². The van der Waals surface area contributed by atoms with Gasteiger partial charge in [0.2, 0.25) is 5.88 Å². The van der Waals surface area contributed by atoms with Crippen LogP contribution in [0.3, 0.4) is 0 Å². The maximum Gasteiger partial charge on any atom is 0.255 e. The maximum atomic E-state index is 13.8. The van der Waals surface area contributed by atoms with Crippen LogP contribution in [0, 0.1) is 5.82 Å². The third-order valence-electron chi connectivity index (χ3n) is 4.32. The van der Waals surface area contributed by atoms with Crippen LogP contribution in [0.4, 0.5) is 4.39 Å². The summed E-state index contributed by atoms with van der Waals surface area (Å²) < 4.78 is 18.6. The summed E-state index contributed by atoms with van der Waals surface area (Å²) in [6.07, 6.45) is 2.30. The van der Waals surface area contributed by atoms with Crippen LogP contribution in [0.2, 0.25) is 0 Å². The maximum absolute atomic E-state index is 13.8. The molecular weight excluding hydrogens is 323 g/mol. The summed E-state index contributed by atoms with van der Waals surface area (Å²) >= 11 is 0. The van der Waals surface area contributed by atoms with Crippen molar-refractivity contribution in [1.82, 2.24) is 19.9 Å². The Morgan fingerprint density at radius 1 is 1.40 bits per heavy atom. The number of nitrogens with one attached hydrogen (secondary N) is 1. The third kappa shape index (κ3) is 3.71. The van der Waals surface area contributed by atoms with Crippen LogP contribution in [0.25, 0.3) is 0 Å². The molecule has 0 bridgehead atoms. The van der Waals surface area contributed by atoms with Crippen LogP contribution in [0.15, 0.2) is 17.1 Å². The van der Waals surface area contributed by atoms with Crippen molar-refractivity contribution in [3.8, 4) is 5.88 Å². The number of ether oxygens (including phenoxy) is 1. The number of aromatic amines is 1. The van der Waals surface area contributed by atoms with Crippen LogP contribution >= 0.6 is 0 Å². The van der Waals surface area contributed by atoms with Gasteiger partial charge in [-0.15, -0.1) is 0 Å². The number of methoxy groups -OCH3 is 1. The molecule has 1 aliphatic rings. The summed E-state index contributed by atoms with van der Waals surface area (Å²) in [6.45, 7) is 7.86. The number of rotatable bonds is 3. The molecule has 0 saturated heterocycles. The Morgan fingerprint density at radius 2 is 2.16 bits per heavy atom. The Bertz CT molecular complexity index is 842. The Balaban J connectivity index is 1.80. The molecular formula is C18H23FN4O2. The van der Waals surface area contributed by atoms with Gasteiger partial charge < -0.3 is 9.72 Å². The van der Waals surface area contributed by atoms with E-state index in [-0.39, 0.29) is 16.9 Å². The molecule has 0 atom stereocenters. The van der Waals surface area contributed by atoms with E-state index in [0.29, 0.717) is 30.9 Å². The first-order chi connectivity index (χ1) is 11.8. The molecule has 1 aliphatic heterocycles. The summed E-state index contributed by atoms with van der Waals surface area (Å²) in [7, 11) is 1.39. The largest absolute Gasteiger partial charge is 0.479 e. The van der Waals surface area contributed by atoms with Crippen molar-refractivity contribution in [2.24, 2.45) is 0 Å². The highest BCUT2D eigenvalue weighted by Gasteiger charge is 2.25. The lowest BCUT2D eigenvalue weighted by atomic mass is 9.95. The standard InChI is InChI=1S/C18H23FN4O2/c1-18(2,3)17-21-14-5-6-23(10-12(14)15(24)22-17)9-11-7-13(19)16(25-4)20-8-11/h7-8H,5-6,9-10H2,1-4H3,(H,21,22,24). The minimum atomic E-state index is -0.480. The van der Waals surface area contributed by atoms with Gasteiger partial charge in [0.1, 0.15) is 5.82 Å². The molecule has 3 rings (SSSR count). The first-order valence-electron chi connectivity index (χ1n) is 8.31. The van der Waals surface area contributed by atoms with Crippen LogP contribution in [-0.4, -0.2) is 33.5 Å².